The number of hydrogen-bond donors (Lipinski definition) is 2. The number of nitrogen functional groups attached to an aromatic ring is 1. The van der Waals surface area contributed by atoms with Gasteiger partial charge >= 0.3 is 0 Å². The van der Waals surface area contributed by atoms with Crippen LogP contribution in [0.3, 0.4) is 0 Å². The van der Waals surface area contributed by atoms with Gasteiger partial charge in [0.05, 0.1) is 5.69 Å². The fraction of sp³-hybridized carbons (Fsp3) is 0.375. The van der Waals surface area contributed by atoms with Crippen molar-refractivity contribution < 1.29 is 0 Å². The van der Waals surface area contributed by atoms with Gasteiger partial charge in [-0.3, -0.25) is 0 Å². The Morgan fingerprint density at radius 3 is 2.30 bits per heavy atom. The summed E-state index contributed by atoms with van der Waals surface area (Å²) in [6, 6.07) is 10.3. The molecule has 4 nitrogen and oxygen atoms in total. The lowest BCUT2D eigenvalue weighted by molar-refractivity contribution is 0.563. The second kappa shape index (κ2) is 5.59. The number of hydrogen-bond acceptors (Lipinski definition) is 4. The van der Waals surface area contributed by atoms with Crippen LogP contribution >= 0.6 is 0 Å². The molecule has 20 heavy (non-hydrogen) atoms. The van der Waals surface area contributed by atoms with Crippen molar-refractivity contribution in [3.05, 3.63) is 53.0 Å². The fourth-order valence-electron chi connectivity index (χ4n) is 1.92. The maximum absolute atomic E-state index is 5.50. The van der Waals surface area contributed by atoms with Crippen LogP contribution in [0.2, 0.25) is 0 Å². The van der Waals surface area contributed by atoms with Gasteiger partial charge in [-0.1, -0.05) is 50.6 Å². The minimum absolute atomic E-state index is 0.0312. The quantitative estimate of drug-likeness (QED) is 0.665. The topological polar surface area (TPSA) is 63.8 Å². The van der Waals surface area contributed by atoms with Gasteiger partial charge in [0, 0.05) is 17.9 Å². The van der Waals surface area contributed by atoms with Crippen LogP contribution < -0.4 is 11.3 Å². The van der Waals surface area contributed by atoms with Crippen LogP contribution in [0.15, 0.2) is 30.3 Å². The van der Waals surface area contributed by atoms with E-state index in [1.54, 1.807) is 0 Å². The Kier molecular flexibility index (Phi) is 4.04. The van der Waals surface area contributed by atoms with Gasteiger partial charge in [-0.25, -0.2) is 15.8 Å². The number of nitrogens with two attached hydrogens (primary N) is 1. The molecule has 0 saturated heterocycles. The van der Waals surface area contributed by atoms with Crippen molar-refractivity contribution in [2.24, 2.45) is 5.84 Å². The van der Waals surface area contributed by atoms with Gasteiger partial charge in [-0.2, -0.15) is 0 Å². The first-order valence-corrected chi connectivity index (χ1v) is 6.79. The molecule has 0 aliphatic carbocycles. The molecule has 1 heterocycles. The number of rotatable bonds is 3. The normalized spacial score (nSPS) is 11.4. The number of anilines is 1. The Morgan fingerprint density at radius 1 is 1.10 bits per heavy atom. The van der Waals surface area contributed by atoms with Gasteiger partial charge in [0.2, 0.25) is 0 Å². The Morgan fingerprint density at radius 2 is 1.75 bits per heavy atom. The molecule has 0 amide bonds. The van der Waals surface area contributed by atoms with E-state index in [0.29, 0.717) is 12.2 Å². The summed E-state index contributed by atoms with van der Waals surface area (Å²) in [5.74, 6) is 6.95. The molecular formula is C16H22N4. The number of nitrogens with zero attached hydrogens (tertiary/aromatic N) is 2. The first-order valence-electron chi connectivity index (χ1n) is 6.79. The van der Waals surface area contributed by atoms with Crippen molar-refractivity contribution in [1.29, 1.82) is 0 Å². The number of hydrazine groups is 1. The Bertz CT molecular complexity index is 582. The third-order valence-electron chi connectivity index (χ3n) is 3.17. The summed E-state index contributed by atoms with van der Waals surface area (Å²) >= 11 is 0. The van der Waals surface area contributed by atoms with Crippen LogP contribution in [0.25, 0.3) is 0 Å². The summed E-state index contributed by atoms with van der Waals surface area (Å²) in [4.78, 5) is 9.10. The van der Waals surface area contributed by atoms with E-state index in [0.717, 1.165) is 11.5 Å². The van der Waals surface area contributed by atoms with E-state index in [-0.39, 0.29) is 5.41 Å². The fourth-order valence-corrected chi connectivity index (χ4v) is 1.92. The smallest absolute Gasteiger partial charge is 0.143 e. The zero-order chi connectivity index (χ0) is 14.8. The van der Waals surface area contributed by atoms with Crippen molar-refractivity contribution in [1.82, 2.24) is 9.97 Å². The van der Waals surface area contributed by atoms with Gasteiger partial charge in [-0.05, 0) is 12.5 Å². The van der Waals surface area contributed by atoms with Gasteiger partial charge in [0.1, 0.15) is 11.6 Å². The number of nitrogens with one attached hydrogen (secondary N) is 1. The van der Waals surface area contributed by atoms with Crippen LogP contribution in [0.1, 0.15) is 43.4 Å². The molecule has 0 radical (unpaired) electrons. The molecule has 4 heteroatoms. The third-order valence-corrected chi connectivity index (χ3v) is 3.17. The third kappa shape index (κ3) is 3.54. The van der Waals surface area contributed by atoms with Gasteiger partial charge in [0.25, 0.3) is 0 Å². The number of aromatic nitrogens is 2. The zero-order valence-electron chi connectivity index (χ0n) is 12.6. The summed E-state index contributed by atoms with van der Waals surface area (Å²) in [6.07, 6.45) is 0.707. The highest BCUT2D eigenvalue weighted by molar-refractivity contribution is 5.37. The molecule has 0 atom stereocenters. The van der Waals surface area contributed by atoms with E-state index in [1.165, 1.54) is 11.1 Å². The highest BCUT2D eigenvalue weighted by Gasteiger charge is 2.17. The van der Waals surface area contributed by atoms with Crippen LogP contribution in [0, 0.1) is 6.92 Å². The maximum atomic E-state index is 5.50. The molecule has 1 aromatic carbocycles. The highest BCUT2D eigenvalue weighted by Crippen LogP contribution is 2.22. The van der Waals surface area contributed by atoms with Crippen molar-refractivity contribution in [3.8, 4) is 0 Å². The predicted octanol–water partition coefficient (Wildman–Crippen LogP) is 2.96. The average molecular weight is 270 g/mol. The Labute approximate surface area is 120 Å². The predicted molar refractivity (Wildman–Crippen MR) is 82.5 cm³/mol. The molecule has 0 bridgehead atoms. The van der Waals surface area contributed by atoms with E-state index < -0.39 is 0 Å². The minimum Gasteiger partial charge on any atom is -0.308 e. The molecule has 1 aromatic heterocycles. The molecule has 2 rings (SSSR count). The SMILES string of the molecule is Cc1ccc(Cc2nc(NN)cc(C(C)(C)C)n2)cc1. The van der Waals surface area contributed by atoms with Crippen LogP contribution in [0.5, 0.6) is 0 Å². The summed E-state index contributed by atoms with van der Waals surface area (Å²) in [7, 11) is 0. The first-order chi connectivity index (χ1) is 9.38. The van der Waals surface area contributed by atoms with Crippen molar-refractivity contribution >= 4 is 5.82 Å². The first kappa shape index (κ1) is 14.5. The lowest BCUT2D eigenvalue weighted by atomic mass is 9.92. The number of benzene rings is 1. The molecule has 106 valence electrons. The lowest BCUT2D eigenvalue weighted by Gasteiger charge is -2.19. The summed E-state index contributed by atoms with van der Waals surface area (Å²) in [6.45, 7) is 8.47. The second-order valence-electron chi connectivity index (χ2n) is 6.11. The molecule has 2 aromatic rings. The summed E-state index contributed by atoms with van der Waals surface area (Å²) in [5, 5.41) is 0. The minimum atomic E-state index is -0.0312. The largest absolute Gasteiger partial charge is 0.308 e. The van der Waals surface area contributed by atoms with Crippen LogP contribution in [0.4, 0.5) is 5.82 Å². The summed E-state index contributed by atoms with van der Waals surface area (Å²) < 4.78 is 0. The van der Waals surface area contributed by atoms with Crippen molar-refractivity contribution in [3.63, 3.8) is 0 Å². The van der Waals surface area contributed by atoms with E-state index in [2.05, 4.69) is 67.4 Å². The Balaban J connectivity index is 2.33. The van der Waals surface area contributed by atoms with E-state index >= 15 is 0 Å². The molecule has 0 aliphatic heterocycles. The average Bonchev–Trinajstić information content (AvgIpc) is 2.40. The van der Waals surface area contributed by atoms with Crippen molar-refractivity contribution in [2.75, 3.05) is 5.43 Å². The Hall–Kier alpha value is -1.94. The van der Waals surface area contributed by atoms with Gasteiger partial charge < -0.3 is 5.43 Å². The number of aryl methyl sites for hydroxylation is 1. The molecule has 3 N–H and O–H groups in total. The highest BCUT2D eigenvalue weighted by atomic mass is 15.3. The van der Waals surface area contributed by atoms with E-state index in [9.17, 15) is 0 Å². The van der Waals surface area contributed by atoms with Crippen molar-refractivity contribution in [2.45, 2.75) is 39.5 Å². The van der Waals surface area contributed by atoms with E-state index in [4.69, 9.17) is 5.84 Å². The molecule has 0 saturated carbocycles. The van der Waals surface area contributed by atoms with Gasteiger partial charge in [-0.15, -0.1) is 0 Å². The van der Waals surface area contributed by atoms with Gasteiger partial charge in [0.15, 0.2) is 0 Å². The van der Waals surface area contributed by atoms with Crippen LogP contribution in [-0.2, 0) is 11.8 Å². The summed E-state index contributed by atoms with van der Waals surface area (Å²) in [5.41, 5.74) is 6.03. The molecule has 0 spiro atoms. The zero-order valence-corrected chi connectivity index (χ0v) is 12.6. The van der Waals surface area contributed by atoms with Crippen LogP contribution in [-0.4, -0.2) is 9.97 Å². The second-order valence-corrected chi connectivity index (χ2v) is 6.11. The molecule has 0 fully saturated rings. The molecule has 0 aliphatic rings. The molecular weight excluding hydrogens is 248 g/mol. The van der Waals surface area contributed by atoms with E-state index in [1.807, 2.05) is 6.07 Å². The monoisotopic (exact) mass is 270 g/mol. The lowest BCUT2D eigenvalue weighted by Crippen LogP contribution is -2.18. The maximum Gasteiger partial charge on any atom is 0.143 e. The standard InChI is InChI=1S/C16H22N4/c1-11-5-7-12(8-6-11)9-14-18-13(16(2,3)4)10-15(19-14)20-17/h5-8,10H,9,17H2,1-4H3,(H,18,19,20). The molecule has 0 unspecified atom stereocenters.